The van der Waals surface area contributed by atoms with Crippen molar-refractivity contribution in [3.8, 4) is 40.0 Å². The van der Waals surface area contributed by atoms with E-state index in [0.29, 0.717) is 53.5 Å². The number of phenols is 1. The van der Waals surface area contributed by atoms with Crippen LogP contribution in [0.15, 0.2) is 30.5 Å². The van der Waals surface area contributed by atoms with Gasteiger partial charge < -0.3 is 24.8 Å². The van der Waals surface area contributed by atoms with E-state index in [-0.39, 0.29) is 23.7 Å². The quantitative estimate of drug-likeness (QED) is 0.578. The summed E-state index contributed by atoms with van der Waals surface area (Å²) in [6.45, 7) is 0.884. The summed E-state index contributed by atoms with van der Waals surface area (Å²) >= 11 is 0. The summed E-state index contributed by atoms with van der Waals surface area (Å²) in [5.41, 5.74) is 1.63. The molecule has 3 aromatic rings. The van der Waals surface area contributed by atoms with E-state index in [1.807, 2.05) is 11.9 Å². The molecule has 35 heavy (non-hydrogen) atoms. The first kappa shape index (κ1) is 21.9. The van der Waals surface area contributed by atoms with E-state index in [4.69, 9.17) is 9.47 Å². The maximum Gasteiger partial charge on any atom is 0.276 e. The lowest BCUT2D eigenvalue weighted by molar-refractivity contribution is 0.107. The Hall–Kier alpha value is -3.60. The zero-order valence-electron chi connectivity index (χ0n) is 19.3. The zero-order chi connectivity index (χ0) is 23.9. The molecule has 0 saturated carbocycles. The van der Waals surface area contributed by atoms with Gasteiger partial charge in [-0.25, -0.2) is 9.37 Å². The number of aromatic nitrogens is 5. The summed E-state index contributed by atoms with van der Waals surface area (Å²) < 4.78 is 26.1. The Morgan fingerprint density at radius 1 is 1.09 bits per heavy atom. The molecule has 6 rings (SSSR count). The van der Waals surface area contributed by atoms with Crippen LogP contribution in [0, 0.1) is 0 Å². The normalized spacial score (nSPS) is 25.2. The number of halogens is 1. The number of nitrogens with zero attached hydrogens (tertiary/aromatic N) is 6. The molecule has 2 N–H and O–H groups in total. The minimum Gasteiger partial charge on any atom is -0.507 e. The topological polar surface area (TPSA) is 118 Å². The standard InChI is InChI=1S/C24H26FN7O3/c1-32(18-10-14-3-2-4-16(27-14)22(18)25)21-12-26-23(30-29-21)15-6-5-13(9-19(15)33)17-11-20-24(31-28-17)35-8-7-34-20/h5-6,9,11-12,14,16,18,22,27,33H,2-4,7-8,10H2,1H3/t14-,16+,18-,22+/m0/s1. The van der Waals surface area contributed by atoms with Crippen LogP contribution in [0.5, 0.6) is 17.4 Å². The van der Waals surface area contributed by atoms with Crippen molar-refractivity contribution >= 4 is 5.82 Å². The number of alkyl halides is 1. The maximum absolute atomic E-state index is 15.1. The molecule has 10 nitrogen and oxygen atoms in total. The highest BCUT2D eigenvalue weighted by Gasteiger charge is 2.42. The van der Waals surface area contributed by atoms with E-state index in [1.165, 1.54) is 0 Å². The van der Waals surface area contributed by atoms with Crippen molar-refractivity contribution in [2.45, 2.75) is 50.0 Å². The summed E-state index contributed by atoms with van der Waals surface area (Å²) in [4.78, 5) is 6.24. The van der Waals surface area contributed by atoms with E-state index in [0.717, 1.165) is 25.7 Å². The fourth-order valence-corrected chi connectivity index (χ4v) is 5.15. The molecule has 2 aromatic heterocycles. The number of hydrogen-bond acceptors (Lipinski definition) is 10. The molecule has 11 heteroatoms. The van der Waals surface area contributed by atoms with E-state index >= 15 is 4.39 Å². The number of fused-ring (bicyclic) bond motifs is 3. The van der Waals surface area contributed by atoms with Crippen LogP contribution >= 0.6 is 0 Å². The minimum absolute atomic E-state index is 0.0166. The number of benzene rings is 1. The monoisotopic (exact) mass is 479 g/mol. The Balaban J connectivity index is 1.21. The molecule has 2 saturated heterocycles. The van der Waals surface area contributed by atoms with E-state index in [9.17, 15) is 5.11 Å². The molecule has 0 spiro atoms. The lowest BCUT2D eigenvalue weighted by Gasteiger charge is -2.45. The number of phenolic OH excluding ortho intramolecular Hbond substituents is 1. The van der Waals surface area contributed by atoms with Crippen LogP contribution in [-0.2, 0) is 0 Å². The van der Waals surface area contributed by atoms with Gasteiger partial charge in [0.15, 0.2) is 17.4 Å². The third kappa shape index (κ3) is 4.09. The number of ether oxygens (including phenoxy) is 2. The summed E-state index contributed by atoms with van der Waals surface area (Å²) in [7, 11) is 1.84. The first-order valence-electron chi connectivity index (χ1n) is 11.9. The predicted molar refractivity (Wildman–Crippen MR) is 125 cm³/mol. The molecule has 0 unspecified atom stereocenters. The smallest absolute Gasteiger partial charge is 0.276 e. The fourth-order valence-electron chi connectivity index (χ4n) is 5.15. The van der Waals surface area contributed by atoms with Crippen LogP contribution in [0.4, 0.5) is 10.2 Å². The van der Waals surface area contributed by atoms with Gasteiger partial charge in [-0.3, -0.25) is 0 Å². The van der Waals surface area contributed by atoms with Gasteiger partial charge in [0.05, 0.1) is 23.5 Å². The Morgan fingerprint density at radius 2 is 1.97 bits per heavy atom. The molecule has 1 aromatic carbocycles. The molecule has 2 bridgehead atoms. The Morgan fingerprint density at radius 3 is 2.80 bits per heavy atom. The van der Waals surface area contributed by atoms with Gasteiger partial charge >= 0.3 is 0 Å². The first-order chi connectivity index (χ1) is 17.1. The van der Waals surface area contributed by atoms with Crippen LogP contribution in [-0.4, -0.2) is 75.0 Å². The molecule has 3 aliphatic rings. The van der Waals surface area contributed by atoms with Crippen LogP contribution in [0.1, 0.15) is 25.7 Å². The Bertz CT molecular complexity index is 1230. The van der Waals surface area contributed by atoms with Crippen molar-refractivity contribution in [2.75, 3.05) is 25.2 Å². The molecule has 0 amide bonds. The minimum atomic E-state index is -0.974. The van der Waals surface area contributed by atoms with Crippen LogP contribution in [0.2, 0.25) is 0 Å². The van der Waals surface area contributed by atoms with Gasteiger partial charge in [-0.05, 0) is 31.4 Å². The average Bonchev–Trinajstić information content (AvgIpc) is 2.90. The second-order valence-electron chi connectivity index (χ2n) is 9.23. The molecule has 2 fully saturated rings. The van der Waals surface area contributed by atoms with Crippen molar-refractivity contribution in [2.24, 2.45) is 0 Å². The highest BCUT2D eigenvalue weighted by Crippen LogP contribution is 2.35. The van der Waals surface area contributed by atoms with Crippen molar-refractivity contribution in [1.82, 2.24) is 30.7 Å². The van der Waals surface area contributed by atoms with E-state index in [2.05, 4.69) is 30.7 Å². The van der Waals surface area contributed by atoms with Crippen LogP contribution in [0.25, 0.3) is 22.6 Å². The largest absolute Gasteiger partial charge is 0.507 e. The third-order valence-corrected chi connectivity index (χ3v) is 7.05. The zero-order valence-corrected chi connectivity index (χ0v) is 19.3. The van der Waals surface area contributed by atoms with Gasteiger partial charge in [-0.1, -0.05) is 12.5 Å². The number of anilines is 1. The highest BCUT2D eigenvalue weighted by molar-refractivity contribution is 5.72. The second-order valence-corrected chi connectivity index (χ2v) is 9.23. The lowest BCUT2D eigenvalue weighted by atomic mass is 9.82. The number of piperidine rings is 2. The number of hydrogen-bond donors (Lipinski definition) is 2. The van der Waals surface area contributed by atoms with Gasteiger partial charge in [-0.2, -0.15) is 0 Å². The van der Waals surface area contributed by atoms with Gasteiger partial charge in [0.2, 0.25) is 0 Å². The van der Waals surface area contributed by atoms with Crippen LogP contribution < -0.4 is 19.7 Å². The van der Waals surface area contributed by atoms with Gasteiger partial charge in [0.1, 0.15) is 25.1 Å². The summed E-state index contributed by atoms with van der Waals surface area (Å²) in [6.07, 6.45) is 4.33. The first-order valence-corrected chi connectivity index (χ1v) is 11.9. The Kier molecular flexibility index (Phi) is 5.56. The fraction of sp³-hybridized carbons (Fsp3) is 0.458. The van der Waals surface area contributed by atoms with Crippen molar-refractivity contribution in [3.63, 3.8) is 0 Å². The SMILES string of the molecule is CN(c1cnc(-c2ccc(-c3cc4c(nn3)OCCO4)cc2O)nn1)[C@H]1C[C@@H]2CCC[C@@H](N2)[C@H]1F. The van der Waals surface area contributed by atoms with Gasteiger partial charge in [-0.15, -0.1) is 20.4 Å². The van der Waals surface area contributed by atoms with Crippen LogP contribution in [0.3, 0.4) is 0 Å². The second kappa shape index (κ2) is 8.88. The molecular weight excluding hydrogens is 453 g/mol. The Labute approximate surface area is 201 Å². The number of nitrogens with one attached hydrogen (secondary N) is 1. The molecule has 5 heterocycles. The predicted octanol–water partition coefficient (Wildman–Crippen LogP) is 2.53. The molecule has 182 valence electrons. The summed E-state index contributed by atoms with van der Waals surface area (Å²) in [5, 5.41) is 30.8. The molecule has 3 aliphatic heterocycles. The van der Waals surface area contributed by atoms with E-state index < -0.39 is 6.17 Å². The number of aromatic hydroxyl groups is 1. The molecular formula is C24H26FN7O3. The van der Waals surface area contributed by atoms with E-state index in [1.54, 1.807) is 30.5 Å². The van der Waals surface area contributed by atoms with Gasteiger partial charge in [0, 0.05) is 30.8 Å². The van der Waals surface area contributed by atoms with Crippen molar-refractivity contribution in [3.05, 3.63) is 30.5 Å². The van der Waals surface area contributed by atoms with Crippen molar-refractivity contribution < 1.29 is 19.0 Å². The summed E-state index contributed by atoms with van der Waals surface area (Å²) in [5.74, 6) is 1.64. The molecule has 0 radical (unpaired) electrons. The van der Waals surface area contributed by atoms with Crippen molar-refractivity contribution in [1.29, 1.82) is 0 Å². The molecule has 0 aliphatic carbocycles. The third-order valence-electron chi connectivity index (χ3n) is 7.05. The highest BCUT2D eigenvalue weighted by atomic mass is 19.1. The number of rotatable bonds is 4. The van der Waals surface area contributed by atoms with Gasteiger partial charge in [0.25, 0.3) is 5.88 Å². The maximum atomic E-state index is 15.1. The average molecular weight is 480 g/mol. The summed E-state index contributed by atoms with van der Waals surface area (Å²) in [6, 6.07) is 6.75. The molecule has 4 atom stereocenters. The lowest BCUT2D eigenvalue weighted by Crippen LogP contribution is -2.61.